The van der Waals surface area contributed by atoms with Gasteiger partial charge in [-0.15, -0.1) is 0 Å². The molecule has 14 heavy (non-hydrogen) atoms. The molecule has 0 unspecified atom stereocenters. The van der Waals surface area contributed by atoms with E-state index in [2.05, 4.69) is 5.32 Å². The van der Waals surface area contributed by atoms with Crippen LogP contribution in [0.25, 0.3) is 0 Å². The first-order valence-corrected chi connectivity index (χ1v) is 4.37. The minimum Gasteiger partial charge on any atom is -0.348 e. The first-order valence-electron chi connectivity index (χ1n) is 4.37. The maximum Gasteiger partial charge on any atom is 0.243 e. The Balaban J connectivity index is 2.49. The molecule has 1 aromatic rings. The van der Waals surface area contributed by atoms with Gasteiger partial charge in [-0.3, -0.25) is 4.79 Å². The van der Waals surface area contributed by atoms with Gasteiger partial charge >= 0.3 is 0 Å². The van der Waals surface area contributed by atoms with Crippen LogP contribution in [-0.2, 0) is 11.3 Å². The van der Waals surface area contributed by atoms with Crippen molar-refractivity contribution in [2.24, 2.45) is 0 Å². The van der Waals surface area contributed by atoms with Gasteiger partial charge in [-0.1, -0.05) is 18.2 Å². The van der Waals surface area contributed by atoms with Crippen LogP contribution in [0.15, 0.2) is 36.4 Å². The highest BCUT2D eigenvalue weighted by atomic mass is 19.1. The Bertz CT molecular complexity index is 347. The van der Waals surface area contributed by atoms with Gasteiger partial charge in [0.1, 0.15) is 5.82 Å². The van der Waals surface area contributed by atoms with E-state index < -0.39 is 0 Å². The zero-order valence-corrected chi connectivity index (χ0v) is 7.96. The highest BCUT2D eigenvalue weighted by Crippen LogP contribution is 2.02. The van der Waals surface area contributed by atoms with Crippen LogP contribution in [0.5, 0.6) is 0 Å². The average molecular weight is 193 g/mol. The predicted octanol–water partition coefficient (Wildman–Crippen LogP) is 2.02. The van der Waals surface area contributed by atoms with Crippen molar-refractivity contribution in [2.45, 2.75) is 13.5 Å². The average Bonchev–Trinajstić information content (AvgIpc) is 2.15. The minimum atomic E-state index is -0.289. The lowest BCUT2D eigenvalue weighted by molar-refractivity contribution is -0.116. The van der Waals surface area contributed by atoms with E-state index in [-0.39, 0.29) is 11.7 Å². The van der Waals surface area contributed by atoms with Crippen LogP contribution >= 0.6 is 0 Å². The zero-order valence-electron chi connectivity index (χ0n) is 7.96. The van der Waals surface area contributed by atoms with Crippen molar-refractivity contribution in [2.75, 3.05) is 0 Å². The van der Waals surface area contributed by atoms with Crippen molar-refractivity contribution in [3.63, 3.8) is 0 Å². The quantitative estimate of drug-likeness (QED) is 0.731. The van der Waals surface area contributed by atoms with Crippen molar-refractivity contribution in [3.05, 3.63) is 47.8 Å². The maximum atomic E-state index is 12.7. The third-order valence-corrected chi connectivity index (χ3v) is 1.67. The van der Waals surface area contributed by atoms with E-state index in [1.165, 1.54) is 18.2 Å². The van der Waals surface area contributed by atoms with Gasteiger partial charge in [-0.2, -0.15) is 0 Å². The summed E-state index contributed by atoms with van der Waals surface area (Å²) in [5.41, 5.74) is 0.753. The van der Waals surface area contributed by atoms with E-state index in [9.17, 15) is 9.18 Å². The third kappa shape index (κ3) is 3.39. The molecule has 0 aliphatic carbocycles. The number of allylic oxidation sites excluding steroid dienone is 1. The smallest absolute Gasteiger partial charge is 0.243 e. The maximum absolute atomic E-state index is 12.7. The summed E-state index contributed by atoms with van der Waals surface area (Å²) >= 11 is 0. The van der Waals surface area contributed by atoms with E-state index in [1.807, 2.05) is 0 Å². The molecule has 1 amide bonds. The molecular weight excluding hydrogens is 181 g/mol. The van der Waals surface area contributed by atoms with Crippen molar-refractivity contribution in [1.82, 2.24) is 5.32 Å². The van der Waals surface area contributed by atoms with Crippen LogP contribution in [0, 0.1) is 5.82 Å². The summed E-state index contributed by atoms with van der Waals surface area (Å²) in [5.74, 6) is -0.459. The molecule has 0 radical (unpaired) electrons. The van der Waals surface area contributed by atoms with Crippen LogP contribution in [0.4, 0.5) is 4.39 Å². The van der Waals surface area contributed by atoms with Gasteiger partial charge in [0.2, 0.25) is 5.91 Å². The fraction of sp³-hybridized carbons (Fsp3) is 0.182. The molecule has 0 fully saturated rings. The third-order valence-electron chi connectivity index (χ3n) is 1.67. The number of halogens is 1. The monoisotopic (exact) mass is 193 g/mol. The van der Waals surface area contributed by atoms with Gasteiger partial charge in [-0.25, -0.2) is 4.39 Å². The molecule has 2 nitrogen and oxygen atoms in total. The summed E-state index contributed by atoms with van der Waals surface area (Å²) in [7, 11) is 0. The molecule has 1 N–H and O–H groups in total. The summed E-state index contributed by atoms with van der Waals surface area (Å²) in [6.07, 6.45) is 3.08. The van der Waals surface area contributed by atoms with E-state index in [4.69, 9.17) is 0 Å². The molecule has 1 aromatic carbocycles. The van der Waals surface area contributed by atoms with Crippen molar-refractivity contribution in [1.29, 1.82) is 0 Å². The molecule has 0 bridgehead atoms. The summed E-state index contributed by atoms with van der Waals surface area (Å²) in [6, 6.07) is 6.15. The number of rotatable bonds is 3. The van der Waals surface area contributed by atoms with Gasteiger partial charge in [0.25, 0.3) is 0 Å². The fourth-order valence-electron chi connectivity index (χ4n) is 1.05. The molecular formula is C11H12FNO. The molecule has 0 saturated carbocycles. The first kappa shape index (κ1) is 10.4. The zero-order chi connectivity index (χ0) is 10.4. The molecule has 1 rings (SSSR count). The predicted molar refractivity (Wildman–Crippen MR) is 53.1 cm³/mol. The molecule has 0 saturated heterocycles. The summed E-state index contributed by atoms with van der Waals surface area (Å²) in [5, 5.41) is 2.63. The Morgan fingerprint density at radius 2 is 2.36 bits per heavy atom. The van der Waals surface area contributed by atoms with Gasteiger partial charge < -0.3 is 5.32 Å². The van der Waals surface area contributed by atoms with Crippen LogP contribution < -0.4 is 5.32 Å². The number of hydrogen-bond donors (Lipinski definition) is 1. The molecule has 0 heterocycles. The Morgan fingerprint density at radius 1 is 1.57 bits per heavy atom. The second-order valence-corrected chi connectivity index (χ2v) is 2.85. The Morgan fingerprint density at radius 3 is 3.00 bits per heavy atom. The normalized spacial score (nSPS) is 10.4. The number of nitrogens with one attached hydrogen (secondary N) is 1. The van der Waals surface area contributed by atoms with Crippen LogP contribution in [0.2, 0.25) is 0 Å². The summed E-state index contributed by atoms with van der Waals surface area (Å²) < 4.78 is 12.7. The highest BCUT2D eigenvalue weighted by Gasteiger charge is 1.97. The van der Waals surface area contributed by atoms with Crippen LogP contribution in [-0.4, -0.2) is 5.91 Å². The van der Waals surface area contributed by atoms with Gasteiger partial charge in [-0.05, 0) is 30.7 Å². The number of carbonyl (C=O) groups is 1. The van der Waals surface area contributed by atoms with E-state index in [1.54, 1.807) is 25.1 Å². The highest BCUT2D eigenvalue weighted by molar-refractivity contribution is 5.87. The Kier molecular flexibility index (Phi) is 3.85. The molecule has 0 atom stereocenters. The van der Waals surface area contributed by atoms with Gasteiger partial charge in [0.15, 0.2) is 0 Å². The van der Waals surface area contributed by atoms with E-state index >= 15 is 0 Å². The van der Waals surface area contributed by atoms with Gasteiger partial charge in [0, 0.05) is 6.54 Å². The summed E-state index contributed by atoms with van der Waals surface area (Å²) in [6.45, 7) is 2.11. The van der Waals surface area contributed by atoms with Crippen molar-refractivity contribution < 1.29 is 9.18 Å². The van der Waals surface area contributed by atoms with Crippen LogP contribution in [0.1, 0.15) is 12.5 Å². The molecule has 0 aliphatic heterocycles. The first-order chi connectivity index (χ1) is 6.72. The number of amides is 1. The molecule has 0 aromatic heterocycles. The molecule has 0 aliphatic rings. The lowest BCUT2D eigenvalue weighted by Crippen LogP contribution is -2.20. The Hall–Kier alpha value is -1.64. The standard InChI is InChI=1S/C11H12FNO/c1-2-4-11(14)13-8-9-5-3-6-10(12)7-9/h2-7H,8H2,1H3,(H,13,14)/b4-2+. The van der Waals surface area contributed by atoms with Crippen molar-refractivity contribution >= 4 is 5.91 Å². The van der Waals surface area contributed by atoms with Gasteiger partial charge in [0.05, 0.1) is 0 Å². The largest absolute Gasteiger partial charge is 0.348 e. The summed E-state index contributed by atoms with van der Waals surface area (Å²) in [4.78, 5) is 11.0. The number of carbonyl (C=O) groups excluding carboxylic acids is 1. The number of benzene rings is 1. The molecule has 74 valence electrons. The second-order valence-electron chi connectivity index (χ2n) is 2.85. The second kappa shape index (κ2) is 5.17. The molecule has 3 heteroatoms. The number of hydrogen-bond acceptors (Lipinski definition) is 1. The van der Waals surface area contributed by atoms with Crippen molar-refractivity contribution in [3.8, 4) is 0 Å². The van der Waals surface area contributed by atoms with E-state index in [0.717, 1.165) is 5.56 Å². The minimum absolute atomic E-state index is 0.170. The Labute approximate surface area is 82.4 Å². The fourth-order valence-corrected chi connectivity index (χ4v) is 1.05. The molecule has 0 spiro atoms. The lowest BCUT2D eigenvalue weighted by Gasteiger charge is -2.01. The SMILES string of the molecule is C/C=C/C(=O)NCc1cccc(F)c1. The van der Waals surface area contributed by atoms with Crippen LogP contribution in [0.3, 0.4) is 0 Å². The lowest BCUT2D eigenvalue weighted by atomic mass is 10.2. The topological polar surface area (TPSA) is 29.1 Å². The van der Waals surface area contributed by atoms with E-state index in [0.29, 0.717) is 6.54 Å².